The van der Waals surface area contributed by atoms with Gasteiger partial charge in [-0.05, 0) is 173 Å². The molecule has 0 rings (SSSR count). The third kappa shape index (κ3) is 27.4. The lowest BCUT2D eigenvalue weighted by atomic mass is 9.83. The first-order valence-electron chi connectivity index (χ1n) is 18.8. The molecule has 0 aromatic heterocycles. The predicted octanol–water partition coefficient (Wildman–Crippen LogP) is 4.86. The van der Waals surface area contributed by atoms with Gasteiger partial charge in [0.25, 0.3) is 0 Å². The minimum Gasteiger partial charge on any atom is -0.353 e. The Kier molecular flexibility index (Phi) is 26.1. The van der Waals surface area contributed by atoms with Gasteiger partial charge < -0.3 is 34.7 Å². The number of unbranched alkanes of at least 4 members (excludes halogenated alkanes) is 3. The van der Waals surface area contributed by atoms with Gasteiger partial charge in [0.1, 0.15) is 5.78 Å². The summed E-state index contributed by atoms with van der Waals surface area (Å²) in [5, 5.41) is 3.40. The van der Waals surface area contributed by atoms with E-state index < -0.39 is 0 Å². The average Bonchev–Trinajstić information content (AvgIpc) is 2.96. The van der Waals surface area contributed by atoms with Crippen LogP contribution in [0.3, 0.4) is 0 Å². The Bertz CT molecular complexity index is 784. The Hall–Kier alpha value is -1.10. The summed E-state index contributed by atoms with van der Waals surface area (Å²) in [4.78, 5) is 40.7. The standard InChI is InChI=1S/C38H81N7O2/c1-38(2,3)36(22-14-16-25-41(6)7)39-37(47)34(21-13-15-24-40(4)5)33-35(46)23-32-45(12)31-20-30-44(11)28-18-17-27-43(10)29-19-26-42(8)9/h34,36H,13-33H2,1-12H3,(H,39,47). The van der Waals surface area contributed by atoms with Crippen molar-refractivity contribution in [3.8, 4) is 0 Å². The van der Waals surface area contributed by atoms with Crippen LogP contribution < -0.4 is 5.32 Å². The second-order valence-electron chi connectivity index (χ2n) is 16.3. The molecule has 1 N–H and O–H groups in total. The maximum atomic E-state index is 13.6. The van der Waals surface area contributed by atoms with Gasteiger partial charge in [0, 0.05) is 31.3 Å². The van der Waals surface area contributed by atoms with E-state index >= 15 is 0 Å². The number of Topliss-reactive ketones (excluding diaryl/α,β-unsaturated/α-hetero) is 1. The van der Waals surface area contributed by atoms with E-state index in [2.05, 4.69) is 119 Å². The molecule has 47 heavy (non-hydrogen) atoms. The molecule has 0 aliphatic carbocycles. The van der Waals surface area contributed by atoms with Crippen LogP contribution in [0, 0.1) is 11.3 Å². The largest absolute Gasteiger partial charge is 0.353 e. The zero-order chi connectivity index (χ0) is 35.8. The van der Waals surface area contributed by atoms with E-state index in [-0.39, 0.29) is 29.1 Å². The molecule has 0 heterocycles. The lowest BCUT2D eigenvalue weighted by Crippen LogP contribution is -2.46. The van der Waals surface area contributed by atoms with Crippen LogP contribution in [0.4, 0.5) is 0 Å². The Morgan fingerprint density at radius 3 is 1.36 bits per heavy atom. The molecule has 1 amide bonds. The van der Waals surface area contributed by atoms with Crippen molar-refractivity contribution in [3.63, 3.8) is 0 Å². The molecule has 280 valence electrons. The highest BCUT2D eigenvalue weighted by Gasteiger charge is 2.29. The van der Waals surface area contributed by atoms with Crippen molar-refractivity contribution in [2.24, 2.45) is 11.3 Å². The van der Waals surface area contributed by atoms with Gasteiger partial charge in [0.05, 0.1) is 0 Å². The molecule has 9 heteroatoms. The monoisotopic (exact) mass is 668 g/mol. The molecular weight excluding hydrogens is 586 g/mol. The number of hydrogen-bond acceptors (Lipinski definition) is 8. The molecule has 0 aliphatic rings. The van der Waals surface area contributed by atoms with E-state index in [9.17, 15) is 9.59 Å². The Morgan fingerprint density at radius 1 is 0.511 bits per heavy atom. The number of hydrogen-bond donors (Lipinski definition) is 1. The molecule has 0 spiro atoms. The van der Waals surface area contributed by atoms with Gasteiger partial charge in [-0.15, -0.1) is 0 Å². The van der Waals surface area contributed by atoms with E-state index in [4.69, 9.17) is 0 Å². The summed E-state index contributed by atoms with van der Waals surface area (Å²) >= 11 is 0. The summed E-state index contributed by atoms with van der Waals surface area (Å²) in [6, 6.07) is 0.111. The number of ketones is 1. The van der Waals surface area contributed by atoms with E-state index in [1.54, 1.807) is 0 Å². The molecule has 0 saturated carbocycles. The number of nitrogens with zero attached hydrogens (tertiary/aromatic N) is 6. The fraction of sp³-hybridized carbons (Fsp3) is 0.947. The van der Waals surface area contributed by atoms with Crippen molar-refractivity contribution < 1.29 is 9.59 Å². The zero-order valence-electron chi connectivity index (χ0n) is 33.5. The molecule has 0 bridgehead atoms. The van der Waals surface area contributed by atoms with Crippen molar-refractivity contribution in [3.05, 3.63) is 0 Å². The summed E-state index contributed by atoms with van der Waals surface area (Å²) in [5.41, 5.74) is -0.0215. The SMILES string of the molecule is CN(C)CCCCC(CC(=O)CCN(C)CCCN(C)CCCCN(C)CCCN(C)C)C(=O)NC(CCCCN(C)C)C(C)(C)C. The van der Waals surface area contributed by atoms with Crippen LogP contribution in [-0.2, 0) is 9.59 Å². The Morgan fingerprint density at radius 2 is 0.894 bits per heavy atom. The van der Waals surface area contributed by atoms with Gasteiger partial charge in [0.15, 0.2) is 0 Å². The zero-order valence-corrected chi connectivity index (χ0v) is 33.5. The molecule has 0 fully saturated rings. The summed E-state index contributed by atoms with van der Waals surface area (Å²) < 4.78 is 0. The number of nitrogens with one attached hydrogen (secondary N) is 1. The van der Waals surface area contributed by atoms with E-state index in [0.29, 0.717) is 12.8 Å². The van der Waals surface area contributed by atoms with Gasteiger partial charge in [-0.1, -0.05) is 33.6 Å². The maximum absolute atomic E-state index is 13.6. The lowest BCUT2D eigenvalue weighted by Gasteiger charge is -2.33. The first-order chi connectivity index (χ1) is 22.0. The van der Waals surface area contributed by atoms with Crippen LogP contribution in [0.1, 0.15) is 97.8 Å². The van der Waals surface area contributed by atoms with Crippen molar-refractivity contribution in [2.45, 2.75) is 104 Å². The number of carbonyl (C=O) groups is 2. The lowest BCUT2D eigenvalue weighted by molar-refractivity contribution is -0.131. The number of rotatable bonds is 30. The molecule has 2 atom stereocenters. The second-order valence-corrected chi connectivity index (χ2v) is 16.3. The molecule has 9 nitrogen and oxygen atoms in total. The van der Waals surface area contributed by atoms with Gasteiger partial charge in [0.2, 0.25) is 5.91 Å². The van der Waals surface area contributed by atoms with Crippen LogP contribution in [0.2, 0.25) is 0 Å². The van der Waals surface area contributed by atoms with Gasteiger partial charge in [-0.25, -0.2) is 0 Å². The molecule has 0 saturated heterocycles. The third-order valence-electron chi connectivity index (χ3n) is 9.29. The van der Waals surface area contributed by atoms with Crippen molar-refractivity contribution >= 4 is 11.7 Å². The van der Waals surface area contributed by atoms with Gasteiger partial charge >= 0.3 is 0 Å². The van der Waals surface area contributed by atoms with Crippen LogP contribution in [0.25, 0.3) is 0 Å². The molecule has 0 aromatic rings. The molecule has 0 aliphatic heterocycles. The van der Waals surface area contributed by atoms with Crippen molar-refractivity contribution in [1.82, 2.24) is 34.7 Å². The second kappa shape index (κ2) is 26.7. The van der Waals surface area contributed by atoms with Crippen LogP contribution >= 0.6 is 0 Å². The third-order valence-corrected chi connectivity index (χ3v) is 9.29. The fourth-order valence-electron chi connectivity index (χ4n) is 5.99. The van der Waals surface area contributed by atoms with Gasteiger partial charge in [-0.2, -0.15) is 0 Å². The Balaban J connectivity index is 4.67. The minimum absolute atomic E-state index is 0.0215. The quantitative estimate of drug-likeness (QED) is 0.109. The van der Waals surface area contributed by atoms with Crippen LogP contribution in [0.15, 0.2) is 0 Å². The van der Waals surface area contributed by atoms with E-state index in [1.807, 2.05) is 0 Å². The predicted molar refractivity (Wildman–Crippen MR) is 203 cm³/mol. The van der Waals surface area contributed by atoms with Crippen LogP contribution in [-0.4, -0.2) is 169 Å². The molecule has 0 radical (unpaired) electrons. The van der Waals surface area contributed by atoms with Crippen molar-refractivity contribution in [2.75, 3.05) is 122 Å². The summed E-state index contributed by atoms with van der Waals surface area (Å²) in [5.74, 6) is 0.0443. The summed E-state index contributed by atoms with van der Waals surface area (Å²) in [7, 11) is 19.2. The minimum atomic E-state index is -0.243. The molecule has 2 unspecified atom stereocenters. The number of amides is 1. The smallest absolute Gasteiger partial charge is 0.223 e. The van der Waals surface area contributed by atoms with Crippen LogP contribution in [0.5, 0.6) is 0 Å². The number of carbonyl (C=O) groups excluding carboxylic acids is 2. The first kappa shape index (κ1) is 45.9. The fourth-order valence-corrected chi connectivity index (χ4v) is 5.99. The highest BCUT2D eigenvalue weighted by Crippen LogP contribution is 2.25. The summed E-state index contributed by atoms with van der Waals surface area (Å²) in [6.45, 7) is 16.2. The van der Waals surface area contributed by atoms with E-state index in [0.717, 1.165) is 90.8 Å². The Labute approximate surface area is 293 Å². The maximum Gasteiger partial charge on any atom is 0.223 e. The topological polar surface area (TPSA) is 65.6 Å². The van der Waals surface area contributed by atoms with Crippen molar-refractivity contribution in [1.29, 1.82) is 0 Å². The first-order valence-corrected chi connectivity index (χ1v) is 18.8. The highest BCUT2D eigenvalue weighted by atomic mass is 16.2. The molecule has 0 aromatic carbocycles. The average molecular weight is 668 g/mol. The highest BCUT2D eigenvalue weighted by molar-refractivity contribution is 5.87. The molecular formula is C38H81N7O2. The summed E-state index contributed by atoms with van der Waals surface area (Å²) in [6.07, 6.45) is 11.6. The van der Waals surface area contributed by atoms with Gasteiger partial charge in [-0.3, -0.25) is 9.59 Å². The normalized spacial score (nSPS) is 13.9. The van der Waals surface area contributed by atoms with E-state index in [1.165, 1.54) is 32.4 Å².